The Hall–Kier alpha value is -3.67. The fourth-order valence-electron chi connectivity index (χ4n) is 3.05. The lowest BCUT2D eigenvalue weighted by Crippen LogP contribution is -2.00. The van der Waals surface area contributed by atoms with Gasteiger partial charge in [0.1, 0.15) is 12.4 Å². The van der Waals surface area contributed by atoms with Gasteiger partial charge in [-0.1, -0.05) is 30.3 Å². The molecule has 1 aromatic heterocycles. The number of hydrogen-bond donors (Lipinski definition) is 1. The van der Waals surface area contributed by atoms with Crippen LogP contribution in [0.2, 0.25) is 0 Å². The quantitative estimate of drug-likeness (QED) is 0.464. The van der Waals surface area contributed by atoms with E-state index >= 15 is 0 Å². The van der Waals surface area contributed by atoms with Gasteiger partial charge in [-0.15, -0.1) is 0 Å². The van der Waals surface area contributed by atoms with Gasteiger partial charge in [-0.3, -0.25) is 5.10 Å². The lowest BCUT2D eigenvalue weighted by molar-refractivity contribution is 0.285. The highest BCUT2D eigenvalue weighted by Gasteiger charge is 2.19. The summed E-state index contributed by atoms with van der Waals surface area (Å²) in [7, 11) is 1.58. The van der Waals surface area contributed by atoms with Crippen LogP contribution in [0.25, 0.3) is 22.4 Å². The summed E-state index contributed by atoms with van der Waals surface area (Å²) in [6, 6.07) is 19.5. The minimum atomic E-state index is -1.03. The molecule has 0 saturated heterocycles. The maximum Gasteiger partial charge on any atom is 0.201 e. The van der Waals surface area contributed by atoms with E-state index < -0.39 is 11.6 Å². The van der Waals surface area contributed by atoms with E-state index in [4.69, 9.17) is 9.47 Å². The summed E-state index contributed by atoms with van der Waals surface area (Å²) in [6.07, 6.45) is 1.47. The molecule has 1 heterocycles. The minimum absolute atomic E-state index is 0.106. The summed E-state index contributed by atoms with van der Waals surface area (Å²) in [5, 5.41) is 6.86. The Balaban J connectivity index is 1.63. The number of ether oxygens (including phenoxy) is 2. The van der Waals surface area contributed by atoms with Crippen molar-refractivity contribution in [3.05, 3.63) is 90.1 Å². The van der Waals surface area contributed by atoms with Crippen LogP contribution in [0.5, 0.6) is 11.5 Å². The van der Waals surface area contributed by atoms with Gasteiger partial charge in [0.05, 0.1) is 19.0 Å². The van der Waals surface area contributed by atoms with Crippen molar-refractivity contribution in [3.8, 4) is 33.9 Å². The number of H-pyrrole nitrogens is 1. The maximum atomic E-state index is 14.8. The normalized spacial score (nSPS) is 10.7. The number of benzene rings is 3. The molecule has 1 N–H and O–H groups in total. The second kappa shape index (κ2) is 8.14. The fourth-order valence-corrected chi connectivity index (χ4v) is 3.05. The molecule has 0 fully saturated rings. The molecule has 4 nitrogen and oxygen atoms in total. The zero-order valence-electron chi connectivity index (χ0n) is 15.7. The van der Waals surface area contributed by atoms with E-state index in [0.29, 0.717) is 17.0 Å². The molecule has 0 saturated carbocycles. The zero-order valence-corrected chi connectivity index (χ0v) is 15.7. The lowest BCUT2D eigenvalue weighted by atomic mass is 10.0. The number of nitrogens with one attached hydrogen (secondary N) is 1. The van der Waals surface area contributed by atoms with E-state index in [2.05, 4.69) is 10.2 Å². The van der Waals surface area contributed by atoms with E-state index in [-0.39, 0.29) is 17.9 Å². The maximum absolute atomic E-state index is 14.8. The Kier molecular flexibility index (Phi) is 5.24. The molecule has 146 valence electrons. The third kappa shape index (κ3) is 3.82. The molecule has 3 aromatic carbocycles. The highest BCUT2D eigenvalue weighted by Crippen LogP contribution is 2.35. The number of methoxy groups -OCH3 is 1. The molecule has 4 aromatic rings. The summed E-state index contributed by atoms with van der Waals surface area (Å²) < 4.78 is 40.1. The predicted molar refractivity (Wildman–Crippen MR) is 107 cm³/mol. The third-order valence-corrected chi connectivity index (χ3v) is 4.59. The molecule has 0 aliphatic carbocycles. The number of aromatic nitrogens is 2. The van der Waals surface area contributed by atoms with Crippen molar-refractivity contribution in [3.63, 3.8) is 0 Å². The number of nitrogens with zero attached hydrogens (tertiary/aromatic N) is 1. The standard InChI is InChI=1S/C23H18F2N2O2/c1-28-17-9-7-16(8-10-17)23-19(13-26-27-23)18-11-12-20(22(25)21(18)24)29-14-15-5-3-2-4-6-15/h2-13H,14H2,1H3,(H,26,27). The molecule has 0 bridgehead atoms. The van der Waals surface area contributed by atoms with Crippen LogP contribution in [0, 0.1) is 11.6 Å². The zero-order chi connectivity index (χ0) is 20.2. The molecule has 0 radical (unpaired) electrons. The van der Waals surface area contributed by atoms with Crippen LogP contribution >= 0.6 is 0 Å². The molecule has 29 heavy (non-hydrogen) atoms. The van der Waals surface area contributed by atoms with Gasteiger partial charge in [0.15, 0.2) is 11.6 Å². The second-order valence-corrected chi connectivity index (χ2v) is 6.40. The van der Waals surface area contributed by atoms with Crippen LogP contribution in [0.4, 0.5) is 8.78 Å². The first kappa shape index (κ1) is 18.7. The largest absolute Gasteiger partial charge is 0.497 e. The number of aromatic amines is 1. The van der Waals surface area contributed by atoms with Gasteiger partial charge in [-0.25, -0.2) is 4.39 Å². The van der Waals surface area contributed by atoms with Crippen molar-refractivity contribution < 1.29 is 18.3 Å². The van der Waals surface area contributed by atoms with Gasteiger partial charge in [-0.2, -0.15) is 9.49 Å². The van der Waals surface area contributed by atoms with Crippen LogP contribution in [-0.4, -0.2) is 17.3 Å². The van der Waals surface area contributed by atoms with Gasteiger partial charge in [0.25, 0.3) is 0 Å². The van der Waals surface area contributed by atoms with Gasteiger partial charge in [0, 0.05) is 16.7 Å². The molecular formula is C23H18F2N2O2. The Morgan fingerprint density at radius 2 is 1.62 bits per heavy atom. The van der Waals surface area contributed by atoms with Crippen LogP contribution in [0.3, 0.4) is 0 Å². The van der Waals surface area contributed by atoms with Crippen molar-refractivity contribution in [1.82, 2.24) is 10.2 Å². The van der Waals surface area contributed by atoms with Crippen LogP contribution < -0.4 is 9.47 Å². The van der Waals surface area contributed by atoms with Crippen molar-refractivity contribution in [1.29, 1.82) is 0 Å². The van der Waals surface area contributed by atoms with E-state index in [1.54, 1.807) is 19.2 Å². The molecule has 0 atom stereocenters. The van der Waals surface area contributed by atoms with Crippen LogP contribution in [0.15, 0.2) is 72.9 Å². The van der Waals surface area contributed by atoms with E-state index in [1.807, 2.05) is 42.5 Å². The van der Waals surface area contributed by atoms with Crippen LogP contribution in [-0.2, 0) is 6.61 Å². The second-order valence-electron chi connectivity index (χ2n) is 6.40. The molecule has 0 unspecified atom stereocenters. The number of rotatable bonds is 6. The first-order valence-electron chi connectivity index (χ1n) is 9.00. The Morgan fingerprint density at radius 3 is 2.34 bits per heavy atom. The number of halogens is 2. The minimum Gasteiger partial charge on any atom is -0.497 e. The fraction of sp³-hybridized carbons (Fsp3) is 0.0870. The molecule has 6 heteroatoms. The third-order valence-electron chi connectivity index (χ3n) is 4.59. The van der Waals surface area contributed by atoms with E-state index in [9.17, 15) is 8.78 Å². The predicted octanol–water partition coefficient (Wildman–Crippen LogP) is 5.61. The monoisotopic (exact) mass is 392 g/mol. The van der Waals surface area contributed by atoms with Gasteiger partial charge in [-0.05, 0) is 42.0 Å². The van der Waals surface area contributed by atoms with Crippen molar-refractivity contribution in [2.45, 2.75) is 6.61 Å². The Labute approximate surface area is 166 Å². The summed E-state index contributed by atoms with van der Waals surface area (Å²) >= 11 is 0. The average molecular weight is 392 g/mol. The smallest absolute Gasteiger partial charge is 0.201 e. The first-order chi connectivity index (χ1) is 14.2. The van der Waals surface area contributed by atoms with Crippen molar-refractivity contribution in [2.75, 3.05) is 7.11 Å². The van der Waals surface area contributed by atoms with Crippen LogP contribution in [0.1, 0.15) is 5.56 Å². The molecule has 0 spiro atoms. The summed E-state index contributed by atoms with van der Waals surface area (Å²) in [5.74, 6) is -1.44. The van der Waals surface area contributed by atoms with E-state index in [0.717, 1.165) is 11.1 Å². The molecule has 0 aliphatic heterocycles. The summed E-state index contributed by atoms with van der Waals surface area (Å²) in [4.78, 5) is 0. The molecule has 0 amide bonds. The van der Waals surface area contributed by atoms with Gasteiger partial charge >= 0.3 is 0 Å². The number of hydrogen-bond acceptors (Lipinski definition) is 3. The highest BCUT2D eigenvalue weighted by atomic mass is 19.2. The summed E-state index contributed by atoms with van der Waals surface area (Å²) in [5.41, 5.74) is 2.80. The first-order valence-corrected chi connectivity index (χ1v) is 9.00. The molecule has 0 aliphatic rings. The molecule has 4 rings (SSSR count). The van der Waals surface area contributed by atoms with Crippen molar-refractivity contribution >= 4 is 0 Å². The average Bonchev–Trinajstić information content (AvgIpc) is 3.25. The summed E-state index contributed by atoms with van der Waals surface area (Å²) in [6.45, 7) is 0.152. The van der Waals surface area contributed by atoms with E-state index in [1.165, 1.54) is 18.3 Å². The van der Waals surface area contributed by atoms with Gasteiger partial charge < -0.3 is 9.47 Å². The molecular weight excluding hydrogens is 374 g/mol. The Morgan fingerprint density at radius 1 is 0.862 bits per heavy atom. The lowest BCUT2D eigenvalue weighted by Gasteiger charge is -2.11. The topological polar surface area (TPSA) is 47.1 Å². The Bertz CT molecular complexity index is 1110. The SMILES string of the molecule is COc1ccc(-c2[nH]ncc2-c2ccc(OCc3ccccc3)c(F)c2F)cc1. The van der Waals surface area contributed by atoms with Crippen molar-refractivity contribution in [2.24, 2.45) is 0 Å². The highest BCUT2D eigenvalue weighted by molar-refractivity contribution is 5.81. The van der Waals surface area contributed by atoms with Gasteiger partial charge in [0.2, 0.25) is 5.82 Å².